The highest BCUT2D eigenvalue weighted by molar-refractivity contribution is 5.68. The maximum atomic E-state index is 11.9. The molecule has 4 nitrogen and oxygen atoms in total. The molecule has 17 heavy (non-hydrogen) atoms. The third kappa shape index (κ3) is 4.04. The molecular weight excluding hydrogens is 218 g/mol. The molecule has 2 atom stereocenters. The van der Waals surface area contributed by atoms with Gasteiger partial charge in [-0.15, -0.1) is 6.58 Å². The second-order valence-corrected chi connectivity index (χ2v) is 5.51. The second-order valence-electron chi connectivity index (χ2n) is 5.51. The standard InChI is InChI=1S/C13H23NO3/c1-5-7-10-8-6-9-14(11(10)15)12(16)17-13(2,3)4/h5,10-11,15H,1,6-9H2,2-4H3. The van der Waals surface area contributed by atoms with E-state index in [1.54, 1.807) is 6.08 Å². The van der Waals surface area contributed by atoms with Crippen molar-refractivity contribution in [3.8, 4) is 0 Å². The summed E-state index contributed by atoms with van der Waals surface area (Å²) in [7, 11) is 0. The SMILES string of the molecule is C=CCC1CCCN(C(=O)OC(C)(C)C)C1O. The van der Waals surface area contributed by atoms with Crippen LogP contribution in [0.25, 0.3) is 0 Å². The number of hydrogen-bond donors (Lipinski definition) is 1. The van der Waals surface area contributed by atoms with Crippen molar-refractivity contribution in [1.29, 1.82) is 0 Å². The highest BCUT2D eigenvalue weighted by Gasteiger charge is 2.34. The first kappa shape index (κ1) is 14.0. The van der Waals surface area contributed by atoms with Crippen LogP contribution in [0.2, 0.25) is 0 Å². The van der Waals surface area contributed by atoms with E-state index in [2.05, 4.69) is 6.58 Å². The number of ether oxygens (including phenoxy) is 1. The molecule has 98 valence electrons. The Morgan fingerprint density at radius 3 is 2.76 bits per heavy atom. The van der Waals surface area contributed by atoms with Gasteiger partial charge in [0, 0.05) is 12.5 Å². The lowest BCUT2D eigenvalue weighted by Gasteiger charge is -2.38. The predicted molar refractivity (Wildman–Crippen MR) is 66.5 cm³/mol. The molecule has 1 N–H and O–H groups in total. The lowest BCUT2D eigenvalue weighted by Crippen LogP contribution is -2.50. The zero-order valence-corrected chi connectivity index (χ0v) is 11.0. The van der Waals surface area contributed by atoms with Crippen LogP contribution < -0.4 is 0 Å². The quantitative estimate of drug-likeness (QED) is 0.756. The van der Waals surface area contributed by atoms with Crippen molar-refractivity contribution in [3.63, 3.8) is 0 Å². The average molecular weight is 241 g/mol. The molecule has 0 saturated carbocycles. The predicted octanol–water partition coefficient (Wildman–Crippen LogP) is 2.53. The molecule has 1 aliphatic rings. The topological polar surface area (TPSA) is 49.8 Å². The minimum atomic E-state index is -0.753. The molecule has 0 radical (unpaired) electrons. The largest absolute Gasteiger partial charge is 0.444 e. The Kier molecular flexibility index (Phi) is 4.57. The molecule has 1 rings (SSSR count). The maximum absolute atomic E-state index is 11.9. The van der Waals surface area contributed by atoms with Crippen molar-refractivity contribution < 1.29 is 14.6 Å². The third-order valence-corrected chi connectivity index (χ3v) is 2.81. The van der Waals surface area contributed by atoms with E-state index in [1.165, 1.54) is 4.90 Å². The van der Waals surface area contributed by atoms with Crippen LogP contribution in [0.15, 0.2) is 12.7 Å². The Morgan fingerprint density at radius 2 is 2.24 bits per heavy atom. The Labute approximate surface area is 103 Å². The van der Waals surface area contributed by atoms with Gasteiger partial charge in [-0.2, -0.15) is 0 Å². The summed E-state index contributed by atoms with van der Waals surface area (Å²) in [6.45, 7) is 9.70. The van der Waals surface area contributed by atoms with Gasteiger partial charge in [0.2, 0.25) is 0 Å². The molecular formula is C13H23NO3. The van der Waals surface area contributed by atoms with Crippen LogP contribution in [-0.4, -0.2) is 34.5 Å². The number of carbonyl (C=O) groups excluding carboxylic acids is 1. The van der Waals surface area contributed by atoms with Crippen LogP contribution in [0.5, 0.6) is 0 Å². The Bertz CT molecular complexity index is 283. The fraction of sp³-hybridized carbons (Fsp3) is 0.769. The lowest BCUT2D eigenvalue weighted by atomic mass is 9.93. The summed E-state index contributed by atoms with van der Waals surface area (Å²) in [5.74, 6) is 0.0776. The van der Waals surface area contributed by atoms with E-state index < -0.39 is 17.9 Å². The van der Waals surface area contributed by atoms with E-state index in [1.807, 2.05) is 20.8 Å². The first-order valence-electron chi connectivity index (χ1n) is 6.13. The van der Waals surface area contributed by atoms with Crippen molar-refractivity contribution in [3.05, 3.63) is 12.7 Å². The minimum Gasteiger partial charge on any atom is -0.444 e. The van der Waals surface area contributed by atoms with E-state index in [9.17, 15) is 9.90 Å². The van der Waals surface area contributed by atoms with E-state index >= 15 is 0 Å². The molecule has 1 saturated heterocycles. The molecule has 1 amide bonds. The van der Waals surface area contributed by atoms with Gasteiger partial charge in [-0.05, 0) is 40.0 Å². The smallest absolute Gasteiger partial charge is 0.412 e. The molecule has 0 aromatic rings. The zero-order chi connectivity index (χ0) is 13.1. The van der Waals surface area contributed by atoms with Crippen LogP contribution >= 0.6 is 0 Å². The monoisotopic (exact) mass is 241 g/mol. The van der Waals surface area contributed by atoms with Gasteiger partial charge in [-0.1, -0.05) is 6.08 Å². The van der Waals surface area contributed by atoms with Gasteiger partial charge in [-0.3, -0.25) is 4.90 Å². The normalized spacial score (nSPS) is 25.5. The molecule has 1 heterocycles. The molecule has 0 aromatic heterocycles. The van der Waals surface area contributed by atoms with E-state index in [4.69, 9.17) is 4.74 Å². The van der Waals surface area contributed by atoms with Crippen molar-refractivity contribution in [2.75, 3.05) is 6.54 Å². The first-order valence-corrected chi connectivity index (χ1v) is 6.13. The summed E-state index contributed by atoms with van der Waals surface area (Å²) in [5.41, 5.74) is -0.526. The van der Waals surface area contributed by atoms with Crippen LogP contribution in [0.4, 0.5) is 4.79 Å². The summed E-state index contributed by atoms with van der Waals surface area (Å²) in [4.78, 5) is 13.3. The van der Waals surface area contributed by atoms with Crippen molar-refractivity contribution in [1.82, 2.24) is 4.90 Å². The molecule has 0 spiro atoms. The van der Waals surface area contributed by atoms with Crippen LogP contribution in [0.1, 0.15) is 40.0 Å². The van der Waals surface area contributed by atoms with Crippen molar-refractivity contribution >= 4 is 6.09 Å². The lowest BCUT2D eigenvalue weighted by molar-refractivity contribution is -0.0720. The summed E-state index contributed by atoms with van der Waals surface area (Å²) in [6, 6.07) is 0. The van der Waals surface area contributed by atoms with Gasteiger partial charge in [0.05, 0.1) is 0 Å². The minimum absolute atomic E-state index is 0.0776. The highest BCUT2D eigenvalue weighted by Crippen LogP contribution is 2.26. The fourth-order valence-electron chi connectivity index (χ4n) is 2.03. The van der Waals surface area contributed by atoms with Crippen molar-refractivity contribution in [2.45, 2.75) is 51.9 Å². The molecule has 0 aliphatic carbocycles. The number of nitrogens with zero attached hydrogens (tertiary/aromatic N) is 1. The Hall–Kier alpha value is -1.03. The van der Waals surface area contributed by atoms with Gasteiger partial charge < -0.3 is 9.84 Å². The van der Waals surface area contributed by atoms with Crippen molar-refractivity contribution in [2.24, 2.45) is 5.92 Å². The Morgan fingerprint density at radius 1 is 1.59 bits per heavy atom. The van der Waals surface area contributed by atoms with E-state index in [0.717, 1.165) is 19.3 Å². The average Bonchev–Trinajstić information content (AvgIpc) is 2.18. The van der Waals surface area contributed by atoms with Gasteiger partial charge in [-0.25, -0.2) is 4.79 Å². The number of allylic oxidation sites excluding steroid dienone is 1. The molecule has 2 unspecified atom stereocenters. The summed E-state index contributed by atoms with van der Waals surface area (Å²) in [5, 5.41) is 10.1. The number of piperidine rings is 1. The number of aliphatic hydroxyl groups excluding tert-OH is 1. The zero-order valence-electron chi connectivity index (χ0n) is 11.0. The third-order valence-electron chi connectivity index (χ3n) is 2.81. The number of hydrogen-bond acceptors (Lipinski definition) is 3. The van der Waals surface area contributed by atoms with Crippen LogP contribution in [0, 0.1) is 5.92 Å². The highest BCUT2D eigenvalue weighted by atomic mass is 16.6. The van der Waals surface area contributed by atoms with Gasteiger partial charge in [0.1, 0.15) is 11.8 Å². The molecule has 1 fully saturated rings. The van der Waals surface area contributed by atoms with Crippen LogP contribution in [0.3, 0.4) is 0 Å². The summed E-state index contributed by atoms with van der Waals surface area (Å²) in [6.07, 6.45) is 3.14. The van der Waals surface area contributed by atoms with Gasteiger partial charge in [0.15, 0.2) is 0 Å². The van der Waals surface area contributed by atoms with E-state index in [0.29, 0.717) is 6.54 Å². The molecule has 0 bridgehead atoms. The van der Waals surface area contributed by atoms with Gasteiger partial charge >= 0.3 is 6.09 Å². The molecule has 0 aromatic carbocycles. The summed E-state index contributed by atoms with van der Waals surface area (Å²) < 4.78 is 5.28. The fourth-order valence-corrected chi connectivity index (χ4v) is 2.03. The Balaban J connectivity index is 2.63. The maximum Gasteiger partial charge on any atom is 0.412 e. The molecule has 4 heteroatoms. The number of likely N-dealkylation sites (tertiary alicyclic amines) is 1. The second kappa shape index (κ2) is 5.54. The summed E-state index contributed by atoms with van der Waals surface area (Å²) >= 11 is 0. The van der Waals surface area contributed by atoms with Crippen LogP contribution in [-0.2, 0) is 4.74 Å². The number of aliphatic hydroxyl groups is 1. The van der Waals surface area contributed by atoms with Gasteiger partial charge in [0.25, 0.3) is 0 Å². The molecule has 1 aliphatic heterocycles. The first-order chi connectivity index (χ1) is 7.85. The number of carbonyl (C=O) groups is 1. The number of rotatable bonds is 2. The van der Waals surface area contributed by atoms with E-state index in [-0.39, 0.29) is 5.92 Å². The number of amides is 1.